The van der Waals surface area contributed by atoms with E-state index in [9.17, 15) is 4.79 Å². The number of carbonyl (C=O) groups excluding carboxylic acids is 1. The number of Topliss-reactive ketones (excluding diaryl/α,β-unsaturated/α-hetero) is 1. The number of likely N-dealkylation sites (N-methyl/N-ethyl adjacent to an activating group) is 1. The van der Waals surface area contributed by atoms with Crippen LogP contribution in [-0.2, 0) is 0 Å². The fraction of sp³-hybridized carbons (Fsp3) is 0.462. The monoisotopic (exact) mass is 239 g/mol. The van der Waals surface area contributed by atoms with Crippen molar-refractivity contribution in [3.8, 4) is 0 Å². The molecule has 0 spiro atoms. The van der Waals surface area contributed by atoms with E-state index in [2.05, 4.69) is 18.7 Å². The van der Waals surface area contributed by atoms with E-state index < -0.39 is 0 Å². The number of halogens is 1. The first-order chi connectivity index (χ1) is 7.67. The standard InChI is InChI=1S/C13H18ClNO/c1-3-9-15(4-2)10-13(16)11-5-7-12(14)8-6-11/h5-8H,3-4,9-10H2,1-2H3. The summed E-state index contributed by atoms with van der Waals surface area (Å²) in [4.78, 5) is 14.1. The molecule has 0 aliphatic rings. The van der Waals surface area contributed by atoms with Gasteiger partial charge in [-0.15, -0.1) is 0 Å². The highest BCUT2D eigenvalue weighted by molar-refractivity contribution is 6.30. The summed E-state index contributed by atoms with van der Waals surface area (Å²) in [5, 5.41) is 0.664. The number of ketones is 1. The Morgan fingerprint density at radius 3 is 2.38 bits per heavy atom. The molecule has 0 N–H and O–H groups in total. The summed E-state index contributed by atoms with van der Waals surface area (Å²) in [6.45, 7) is 6.56. The first-order valence-electron chi connectivity index (χ1n) is 5.68. The summed E-state index contributed by atoms with van der Waals surface area (Å²) in [5.41, 5.74) is 0.735. The van der Waals surface area contributed by atoms with E-state index in [0.717, 1.165) is 25.1 Å². The van der Waals surface area contributed by atoms with Crippen molar-refractivity contribution >= 4 is 17.4 Å². The molecule has 0 aliphatic carbocycles. The summed E-state index contributed by atoms with van der Waals surface area (Å²) in [6.07, 6.45) is 1.07. The third-order valence-electron chi connectivity index (χ3n) is 2.52. The Balaban J connectivity index is 2.60. The highest BCUT2D eigenvalue weighted by Gasteiger charge is 2.10. The van der Waals surface area contributed by atoms with Crippen LogP contribution < -0.4 is 0 Å². The van der Waals surface area contributed by atoms with Gasteiger partial charge in [-0.25, -0.2) is 0 Å². The van der Waals surface area contributed by atoms with Gasteiger partial charge in [-0.3, -0.25) is 9.69 Å². The second-order valence-corrected chi connectivity index (χ2v) is 4.24. The van der Waals surface area contributed by atoms with Crippen molar-refractivity contribution in [2.75, 3.05) is 19.6 Å². The second-order valence-electron chi connectivity index (χ2n) is 3.80. The Morgan fingerprint density at radius 2 is 1.88 bits per heavy atom. The van der Waals surface area contributed by atoms with E-state index in [1.54, 1.807) is 24.3 Å². The van der Waals surface area contributed by atoms with E-state index in [-0.39, 0.29) is 5.78 Å². The molecule has 0 amide bonds. The summed E-state index contributed by atoms with van der Waals surface area (Å²) in [6, 6.07) is 7.07. The maximum atomic E-state index is 11.9. The van der Waals surface area contributed by atoms with Crippen LogP contribution in [0.25, 0.3) is 0 Å². The van der Waals surface area contributed by atoms with Gasteiger partial charge in [0.15, 0.2) is 5.78 Å². The molecule has 16 heavy (non-hydrogen) atoms. The van der Waals surface area contributed by atoms with Crippen molar-refractivity contribution in [2.24, 2.45) is 0 Å². The van der Waals surface area contributed by atoms with Gasteiger partial charge in [-0.1, -0.05) is 25.4 Å². The minimum Gasteiger partial charge on any atom is -0.296 e. The topological polar surface area (TPSA) is 20.3 Å². The summed E-state index contributed by atoms with van der Waals surface area (Å²) in [7, 11) is 0. The van der Waals surface area contributed by atoms with E-state index in [4.69, 9.17) is 11.6 Å². The average Bonchev–Trinajstić information content (AvgIpc) is 2.29. The van der Waals surface area contributed by atoms with Crippen molar-refractivity contribution in [3.63, 3.8) is 0 Å². The number of nitrogens with zero attached hydrogens (tertiary/aromatic N) is 1. The number of rotatable bonds is 6. The Hall–Kier alpha value is -0.860. The predicted molar refractivity (Wildman–Crippen MR) is 68.2 cm³/mol. The molecule has 0 atom stereocenters. The summed E-state index contributed by atoms with van der Waals surface area (Å²) >= 11 is 5.78. The zero-order valence-corrected chi connectivity index (χ0v) is 10.6. The lowest BCUT2D eigenvalue weighted by Crippen LogP contribution is -2.30. The van der Waals surface area contributed by atoms with Crippen LogP contribution in [-0.4, -0.2) is 30.3 Å². The fourth-order valence-electron chi connectivity index (χ4n) is 1.60. The first-order valence-corrected chi connectivity index (χ1v) is 6.06. The molecule has 0 saturated heterocycles. The van der Waals surface area contributed by atoms with Gasteiger partial charge in [0.05, 0.1) is 6.54 Å². The molecule has 2 nitrogen and oxygen atoms in total. The molecule has 0 unspecified atom stereocenters. The number of carbonyl (C=O) groups is 1. The minimum absolute atomic E-state index is 0.159. The van der Waals surface area contributed by atoms with Gasteiger partial charge in [0, 0.05) is 10.6 Å². The van der Waals surface area contributed by atoms with Gasteiger partial charge in [-0.2, -0.15) is 0 Å². The van der Waals surface area contributed by atoms with Gasteiger partial charge >= 0.3 is 0 Å². The molecule has 1 rings (SSSR count). The van der Waals surface area contributed by atoms with E-state index in [1.165, 1.54) is 0 Å². The number of hydrogen-bond acceptors (Lipinski definition) is 2. The van der Waals surface area contributed by atoms with Crippen LogP contribution in [0.1, 0.15) is 30.6 Å². The average molecular weight is 240 g/mol. The Kier molecular flexibility index (Phi) is 5.50. The molecule has 0 radical (unpaired) electrons. The molecule has 0 bridgehead atoms. The molecule has 1 aromatic carbocycles. The second kappa shape index (κ2) is 6.66. The number of benzene rings is 1. The summed E-state index contributed by atoms with van der Waals surface area (Å²) < 4.78 is 0. The maximum Gasteiger partial charge on any atom is 0.176 e. The van der Waals surface area contributed by atoms with Crippen LogP contribution in [0, 0.1) is 0 Å². The highest BCUT2D eigenvalue weighted by atomic mass is 35.5. The van der Waals surface area contributed by atoms with Crippen LogP contribution in [0.2, 0.25) is 5.02 Å². The lowest BCUT2D eigenvalue weighted by atomic mass is 10.1. The third kappa shape index (κ3) is 3.95. The lowest BCUT2D eigenvalue weighted by molar-refractivity contribution is 0.0934. The quantitative estimate of drug-likeness (QED) is 0.711. The Labute approximate surface area is 102 Å². The molecule has 0 aliphatic heterocycles. The van der Waals surface area contributed by atoms with Gasteiger partial charge in [0.1, 0.15) is 0 Å². The SMILES string of the molecule is CCCN(CC)CC(=O)c1ccc(Cl)cc1. The van der Waals surface area contributed by atoms with Gasteiger partial charge in [0.25, 0.3) is 0 Å². The molecular weight excluding hydrogens is 222 g/mol. The molecule has 0 aromatic heterocycles. The van der Waals surface area contributed by atoms with E-state index in [1.807, 2.05) is 0 Å². The smallest absolute Gasteiger partial charge is 0.176 e. The van der Waals surface area contributed by atoms with E-state index in [0.29, 0.717) is 11.6 Å². The van der Waals surface area contributed by atoms with Gasteiger partial charge in [-0.05, 0) is 43.8 Å². The van der Waals surface area contributed by atoms with Gasteiger partial charge in [0.2, 0.25) is 0 Å². The molecule has 88 valence electrons. The molecule has 1 aromatic rings. The lowest BCUT2D eigenvalue weighted by Gasteiger charge is -2.18. The Morgan fingerprint density at radius 1 is 1.25 bits per heavy atom. The fourth-order valence-corrected chi connectivity index (χ4v) is 1.72. The van der Waals surface area contributed by atoms with Crippen molar-refractivity contribution < 1.29 is 4.79 Å². The normalized spacial score (nSPS) is 10.8. The van der Waals surface area contributed by atoms with Crippen molar-refractivity contribution in [2.45, 2.75) is 20.3 Å². The van der Waals surface area contributed by atoms with Crippen molar-refractivity contribution in [3.05, 3.63) is 34.9 Å². The highest BCUT2D eigenvalue weighted by Crippen LogP contribution is 2.10. The van der Waals surface area contributed by atoms with Crippen LogP contribution >= 0.6 is 11.6 Å². The Bertz CT molecular complexity index is 334. The molecule has 0 heterocycles. The molecule has 0 fully saturated rings. The van der Waals surface area contributed by atoms with Crippen molar-refractivity contribution in [1.29, 1.82) is 0 Å². The van der Waals surface area contributed by atoms with Crippen LogP contribution in [0.3, 0.4) is 0 Å². The zero-order chi connectivity index (χ0) is 12.0. The van der Waals surface area contributed by atoms with Crippen molar-refractivity contribution in [1.82, 2.24) is 4.90 Å². The molecular formula is C13H18ClNO. The van der Waals surface area contributed by atoms with Crippen LogP contribution in [0.15, 0.2) is 24.3 Å². The first kappa shape index (κ1) is 13.2. The summed E-state index contributed by atoms with van der Waals surface area (Å²) in [5.74, 6) is 0.159. The van der Waals surface area contributed by atoms with Crippen LogP contribution in [0.5, 0.6) is 0 Å². The number of hydrogen-bond donors (Lipinski definition) is 0. The third-order valence-corrected chi connectivity index (χ3v) is 2.77. The largest absolute Gasteiger partial charge is 0.296 e. The van der Waals surface area contributed by atoms with E-state index >= 15 is 0 Å². The molecule has 3 heteroatoms. The molecule has 0 saturated carbocycles. The predicted octanol–water partition coefficient (Wildman–Crippen LogP) is 3.25. The minimum atomic E-state index is 0.159. The zero-order valence-electron chi connectivity index (χ0n) is 9.87. The van der Waals surface area contributed by atoms with Crippen LogP contribution in [0.4, 0.5) is 0 Å². The van der Waals surface area contributed by atoms with Gasteiger partial charge < -0.3 is 0 Å². The maximum absolute atomic E-state index is 11.9.